The van der Waals surface area contributed by atoms with E-state index in [2.05, 4.69) is 9.72 Å². The number of pyridine rings is 1. The lowest BCUT2D eigenvalue weighted by molar-refractivity contribution is -0.385. The van der Waals surface area contributed by atoms with Gasteiger partial charge in [0.05, 0.1) is 24.7 Å². The summed E-state index contributed by atoms with van der Waals surface area (Å²) >= 11 is 0. The minimum absolute atomic E-state index is 0.0102. The number of nitrogens with zero attached hydrogens (tertiary/aromatic N) is 1. The van der Waals surface area contributed by atoms with Crippen LogP contribution in [0.25, 0.3) is 0 Å². The van der Waals surface area contributed by atoms with Gasteiger partial charge in [0.25, 0.3) is 11.2 Å². The molecule has 1 heterocycles. The standard InChI is InChI=1S/C8H8N2O5/c1-15-7(11)3-5-2-6(10(13)14)4-9-8(5)12/h2,4H,3H2,1H3,(H,9,12). The number of hydrogen-bond donors (Lipinski definition) is 1. The number of aromatic amines is 1. The number of nitro groups is 1. The van der Waals surface area contributed by atoms with Crippen molar-refractivity contribution in [3.63, 3.8) is 0 Å². The second-order valence-electron chi connectivity index (χ2n) is 2.72. The number of nitrogens with one attached hydrogen (secondary N) is 1. The normalized spacial score (nSPS) is 9.67. The molecule has 0 atom stereocenters. The van der Waals surface area contributed by atoms with Crippen LogP contribution in [0.2, 0.25) is 0 Å². The fourth-order valence-corrected chi connectivity index (χ4v) is 0.982. The van der Waals surface area contributed by atoms with Gasteiger partial charge < -0.3 is 9.72 Å². The van der Waals surface area contributed by atoms with Gasteiger partial charge in [-0.2, -0.15) is 0 Å². The van der Waals surface area contributed by atoms with E-state index in [1.54, 1.807) is 0 Å². The van der Waals surface area contributed by atoms with Crippen LogP contribution in [0.15, 0.2) is 17.1 Å². The monoisotopic (exact) mass is 212 g/mol. The van der Waals surface area contributed by atoms with Crippen molar-refractivity contribution in [2.75, 3.05) is 7.11 Å². The summed E-state index contributed by atoms with van der Waals surface area (Å²) < 4.78 is 4.35. The summed E-state index contributed by atoms with van der Waals surface area (Å²) in [6, 6.07) is 1.05. The summed E-state index contributed by atoms with van der Waals surface area (Å²) in [6.07, 6.45) is 0.691. The van der Waals surface area contributed by atoms with Crippen molar-refractivity contribution in [3.8, 4) is 0 Å². The third-order valence-corrected chi connectivity index (χ3v) is 1.74. The Bertz CT molecular complexity index is 451. The van der Waals surface area contributed by atoms with Crippen molar-refractivity contribution < 1.29 is 14.5 Å². The summed E-state index contributed by atoms with van der Waals surface area (Å²) in [6.45, 7) is 0. The number of esters is 1. The zero-order valence-electron chi connectivity index (χ0n) is 7.85. The molecule has 7 heteroatoms. The quantitative estimate of drug-likeness (QED) is 0.431. The van der Waals surface area contributed by atoms with Crippen molar-refractivity contribution in [3.05, 3.63) is 38.3 Å². The molecule has 0 aliphatic rings. The predicted octanol–water partition coefficient (Wildman–Crippen LogP) is -0.00140. The largest absolute Gasteiger partial charge is 0.469 e. The molecule has 0 aliphatic carbocycles. The number of carbonyl (C=O) groups excluding carboxylic acids is 1. The van der Waals surface area contributed by atoms with E-state index < -0.39 is 16.5 Å². The number of rotatable bonds is 3. The van der Waals surface area contributed by atoms with E-state index in [-0.39, 0.29) is 17.7 Å². The topological polar surface area (TPSA) is 102 Å². The molecule has 1 aromatic heterocycles. The van der Waals surface area contributed by atoms with Crippen LogP contribution in [0.4, 0.5) is 5.69 Å². The Kier molecular flexibility index (Phi) is 3.17. The first-order valence-corrected chi connectivity index (χ1v) is 3.97. The lowest BCUT2D eigenvalue weighted by atomic mass is 10.2. The molecule has 1 N–H and O–H groups in total. The highest BCUT2D eigenvalue weighted by molar-refractivity contribution is 5.72. The Labute approximate surface area is 83.8 Å². The highest BCUT2D eigenvalue weighted by atomic mass is 16.6. The predicted molar refractivity (Wildman–Crippen MR) is 49.4 cm³/mol. The van der Waals surface area contributed by atoms with Crippen LogP contribution in [-0.4, -0.2) is 23.0 Å². The number of methoxy groups -OCH3 is 1. The highest BCUT2D eigenvalue weighted by Gasteiger charge is 2.12. The molecule has 0 fully saturated rings. The highest BCUT2D eigenvalue weighted by Crippen LogP contribution is 2.08. The van der Waals surface area contributed by atoms with E-state index in [0.29, 0.717) is 0 Å². The molecular formula is C8H8N2O5. The van der Waals surface area contributed by atoms with Crippen LogP contribution >= 0.6 is 0 Å². The molecule has 15 heavy (non-hydrogen) atoms. The van der Waals surface area contributed by atoms with Crippen molar-refractivity contribution >= 4 is 11.7 Å². The minimum atomic E-state index is -0.656. The summed E-state index contributed by atoms with van der Waals surface area (Å²) in [4.78, 5) is 33.9. The lowest BCUT2D eigenvalue weighted by Gasteiger charge is -1.98. The van der Waals surface area contributed by atoms with E-state index in [9.17, 15) is 19.7 Å². The third kappa shape index (κ3) is 2.63. The zero-order chi connectivity index (χ0) is 11.4. The fraction of sp³-hybridized carbons (Fsp3) is 0.250. The SMILES string of the molecule is COC(=O)Cc1cc([N+](=O)[O-])c[nH]c1=O. The van der Waals surface area contributed by atoms with Gasteiger partial charge in [-0.15, -0.1) is 0 Å². The summed E-state index contributed by atoms with van der Waals surface area (Å²) in [5.41, 5.74) is -0.796. The van der Waals surface area contributed by atoms with Crippen LogP contribution in [-0.2, 0) is 16.0 Å². The van der Waals surface area contributed by atoms with Gasteiger partial charge in [0, 0.05) is 11.6 Å². The molecule has 0 radical (unpaired) electrons. The van der Waals surface area contributed by atoms with E-state index in [4.69, 9.17) is 0 Å². The van der Waals surface area contributed by atoms with Crippen molar-refractivity contribution in [2.45, 2.75) is 6.42 Å². The maximum atomic E-state index is 11.2. The molecule has 0 aliphatic heterocycles. The second kappa shape index (κ2) is 4.36. The van der Waals surface area contributed by atoms with E-state index in [0.717, 1.165) is 12.3 Å². The van der Waals surface area contributed by atoms with Gasteiger partial charge in [-0.25, -0.2) is 0 Å². The second-order valence-corrected chi connectivity index (χ2v) is 2.72. The molecule has 80 valence electrons. The fourth-order valence-electron chi connectivity index (χ4n) is 0.982. The van der Waals surface area contributed by atoms with Crippen LogP contribution in [0.1, 0.15) is 5.56 Å². The smallest absolute Gasteiger partial charge is 0.310 e. The first-order chi connectivity index (χ1) is 7.04. The van der Waals surface area contributed by atoms with E-state index in [1.807, 2.05) is 0 Å². The molecule has 1 rings (SSSR count). The first kappa shape index (κ1) is 10.9. The summed E-state index contributed by atoms with van der Waals surface area (Å²) in [5.74, 6) is -0.624. The van der Waals surface area contributed by atoms with Gasteiger partial charge in [0.15, 0.2) is 0 Å². The van der Waals surface area contributed by atoms with Gasteiger partial charge in [-0.05, 0) is 0 Å². The molecule has 0 bridgehead atoms. The molecule has 0 unspecified atom stereocenters. The third-order valence-electron chi connectivity index (χ3n) is 1.74. The van der Waals surface area contributed by atoms with Crippen LogP contribution in [0.3, 0.4) is 0 Å². The molecule has 0 saturated carbocycles. The Hall–Kier alpha value is -2.18. The van der Waals surface area contributed by atoms with Crippen LogP contribution in [0, 0.1) is 10.1 Å². The Balaban J connectivity index is 3.06. The van der Waals surface area contributed by atoms with Gasteiger partial charge >= 0.3 is 5.97 Å². The van der Waals surface area contributed by atoms with E-state index in [1.165, 1.54) is 7.11 Å². The number of H-pyrrole nitrogens is 1. The van der Waals surface area contributed by atoms with Gasteiger partial charge in [-0.1, -0.05) is 0 Å². The Morgan fingerprint density at radius 2 is 2.33 bits per heavy atom. The molecule has 7 nitrogen and oxygen atoms in total. The average molecular weight is 212 g/mol. The molecular weight excluding hydrogens is 204 g/mol. The van der Waals surface area contributed by atoms with Crippen molar-refractivity contribution in [1.82, 2.24) is 4.98 Å². The zero-order valence-corrected chi connectivity index (χ0v) is 7.85. The number of carbonyl (C=O) groups is 1. The molecule has 0 amide bonds. The summed E-state index contributed by atoms with van der Waals surface area (Å²) in [5, 5.41) is 10.4. The molecule has 1 aromatic rings. The van der Waals surface area contributed by atoms with Crippen molar-refractivity contribution in [2.24, 2.45) is 0 Å². The molecule has 0 saturated heterocycles. The average Bonchev–Trinajstić information content (AvgIpc) is 2.20. The molecule has 0 spiro atoms. The number of aromatic nitrogens is 1. The van der Waals surface area contributed by atoms with Gasteiger partial charge in [-0.3, -0.25) is 19.7 Å². The van der Waals surface area contributed by atoms with E-state index >= 15 is 0 Å². The van der Waals surface area contributed by atoms with Gasteiger partial charge in [0.1, 0.15) is 0 Å². The number of hydrogen-bond acceptors (Lipinski definition) is 5. The maximum absolute atomic E-state index is 11.2. The van der Waals surface area contributed by atoms with Gasteiger partial charge in [0.2, 0.25) is 0 Å². The Morgan fingerprint density at radius 3 is 2.87 bits per heavy atom. The summed E-state index contributed by atoms with van der Waals surface area (Å²) in [7, 11) is 1.17. The lowest BCUT2D eigenvalue weighted by Crippen LogP contribution is -2.17. The van der Waals surface area contributed by atoms with Crippen LogP contribution < -0.4 is 5.56 Å². The Morgan fingerprint density at radius 1 is 1.67 bits per heavy atom. The minimum Gasteiger partial charge on any atom is -0.469 e. The first-order valence-electron chi connectivity index (χ1n) is 3.97. The number of ether oxygens (including phenoxy) is 1. The molecule has 0 aromatic carbocycles. The maximum Gasteiger partial charge on any atom is 0.310 e. The van der Waals surface area contributed by atoms with Crippen molar-refractivity contribution in [1.29, 1.82) is 0 Å². The van der Waals surface area contributed by atoms with Crippen LogP contribution in [0.5, 0.6) is 0 Å².